The highest BCUT2D eigenvalue weighted by Gasteiger charge is 2.14. The summed E-state index contributed by atoms with van der Waals surface area (Å²) in [5.74, 6) is 0. The summed E-state index contributed by atoms with van der Waals surface area (Å²) in [6.45, 7) is 7.07. The Morgan fingerprint density at radius 3 is 2.60 bits per heavy atom. The lowest BCUT2D eigenvalue weighted by Gasteiger charge is -2.27. The first-order valence-corrected chi connectivity index (χ1v) is 4.29. The van der Waals surface area contributed by atoms with E-state index in [4.69, 9.17) is 12.6 Å². The van der Waals surface area contributed by atoms with Gasteiger partial charge in [0.25, 0.3) is 0 Å². The molecule has 0 aliphatic carbocycles. The van der Waals surface area contributed by atoms with Gasteiger partial charge in [0.2, 0.25) is 0 Å². The summed E-state index contributed by atoms with van der Waals surface area (Å²) in [6, 6.07) is 0. The smallest absolute Gasteiger partial charge is 0.0175 e. The molecule has 1 heterocycles. The summed E-state index contributed by atoms with van der Waals surface area (Å²) in [5, 5.41) is 0.529. The highest BCUT2D eigenvalue weighted by Crippen LogP contribution is 2.14. The Hall–Kier alpha value is 0.0500. The Balaban J connectivity index is 2.19. The SMILES string of the molecule is C=CCN1CCC([S])CC1. The van der Waals surface area contributed by atoms with Crippen LogP contribution in [-0.4, -0.2) is 29.8 Å². The fourth-order valence-electron chi connectivity index (χ4n) is 1.27. The van der Waals surface area contributed by atoms with Gasteiger partial charge in [0.15, 0.2) is 0 Å². The van der Waals surface area contributed by atoms with Crippen LogP contribution in [0.5, 0.6) is 0 Å². The minimum Gasteiger partial charge on any atom is -0.300 e. The zero-order valence-electron chi connectivity index (χ0n) is 6.25. The summed E-state index contributed by atoms with van der Waals surface area (Å²) in [5.41, 5.74) is 0. The molecule has 0 amide bonds. The minimum absolute atomic E-state index is 0.529. The summed E-state index contributed by atoms with van der Waals surface area (Å²) in [4.78, 5) is 2.40. The molecule has 1 saturated heterocycles. The molecule has 0 atom stereocenters. The van der Waals surface area contributed by atoms with Gasteiger partial charge in [-0.05, 0) is 25.9 Å². The summed E-state index contributed by atoms with van der Waals surface area (Å²) in [6.07, 6.45) is 4.33. The van der Waals surface area contributed by atoms with E-state index < -0.39 is 0 Å². The fraction of sp³-hybridized carbons (Fsp3) is 0.750. The molecule has 0 bridgehead atoms. The average molecular weight is 156 g/mol. The summed E-state index contributed by atoms with van der Waals surface area (Å²) >= 11 is 5.17. The molecule has 1 aliphatic rings. The Morgan fingerprint density at radius 1 is 1.50 bits per heavy atom. The maximum Gasteiger partial charge on any atom is 0.0175 e. The quantitative estimate of drug-likeness (QED) is 0.551. The molecular weight excluding hydrogens is 142 g/mol. The van der Waals surface area contributed by atoms with Crippen molar-refractivity contribution in [1.29, 1.82) is 0 Å². The van der Waals surface area contributed by atoms with Crippen LogP contribution in [0.15, 0.2) is 12.7 Å². The molecule has 0 spiro atoms. The van der Waals surface area contributed by atoms with Crippen molar-refractivity contribution >= 4 is 12.6 Å². The van der Waals surface area contributed by atoms with Gasteiger partial charge >= 0.3 is 0 Å². The maximum atomic E-state index is 5.17. The summed E-state index contributed by atoms with van der Waals surface area (Å²) in [7, 11) is 0. The Kier molecular flexibility index (Phi) is 3.29. The van der Waals surface area contributed by atoms with Crippen LogP contribution in [0.2, 0.25) is 0 Å². The van der Waals surface area contributed by atoms with Crippen molar-refractivity contribution in [3.63, 3.8) is 0 Å². The van der Waals surface area contributed by atoms with Crippen LogP contribution in [0.3, 0.4) is 0 Å². The Labute approximate surface area is 68.5 Å². The van der Waals surface area contributed by atoms with Crippen LogP contribution >= 0.6 is 12.6 Å². The van der Waals surface area contributed by atoms with E-state index in [1.807, 2.05) is 6.08 Å². The van der Waals surface area contributed by atoms with Crippen molar-refractivity contribution in [1.82, 2.24) is 4.90 Å². The molecule has 1 radical (unpaired) electrons. The Morgan fingerprint density at radius 2 is 2.10 bits per heavy atom. The number of hydrogen-bond donors (Lipinski definition) is 0. The van der Waals surface area contributed by atoms with Crippen LogP contribution in [0.4, 0.5) is 0 Å². The number of likely N-dealkylation sites (tertiary alicyclic amines) is 1. The van der Waals surface area contributed by atoms with Gasteiger partial charge in [0.1, 0.15) is 0 Å². The molecule has 1 rings (SSSR count). The van der Waals surface area contributed by atoms with Gasteiger partial charge in [-0.1, -0.05) is 18.7 Å². The number of hydrogen-bond acceptors (Lipinski definition) is 1. The van der Waals surface area contributed by atoms with Crippen molar-refractivity contribution in [3.05, 3.63) is 12.7 Å². The molecule has 57 valence electrons. The van der Waals surface area contributed by atoms with E-state index in [2.05, 4.69) is 11.5 Å². The molecule has 10 heavy (non-hydrogen) atoms. The number of piperidine rings is 1. The van der Waals surface area contributed by atoms with Crippen LogP contribution in [0.1, 0.15) is 12.8 Å². The minimum atomic E-state index is 0.529. The molecule has 1 aliphatic heterocycles. The zero-order chi connectivity index (χ0) is 7.40. The van der Waals surface area contributed by atoms with Gasteiger partial charge in [0.05, 0.1) is 0 Å². The molecule has 2 heteroatoms. The molecule has 0 saturated carbocycles. The molecule has 0 unspecified atom stereocenters. The van der Waals surface area contributed by atoms with Crippen LogP contribution in [-0.2, 0) is 0 Å². The molecule has 0 aromatic carbocycles. The van der Waals surface area contributed by atoms with Crippen LogP contribution in [0.25, 0.3) is 0 Å². The second kappa shape index (κ2) is 4.04. The molecule has 0 aromatic rings. The third-order valence-electron chi connectivity index (χ3n) is 1.92. The predicted molar refractivity (Wildman–Crippen MR) is 47.3 cm³/mol. The topological polar surface area (TPSA) is 3.24 Å². The van der Waals surface area contributed by atoms with E-state index in [1.165, 1.54) is 25.9 Å². The van der Waals surface area contributed by atoms with E-state index in [0.717, 1.165) is 6.54 Å². The lowest BCUT2D eigenvalue weighted by Crippen LogP contribution is -2.33. The fourth-order valence-corrected chi connectivity index (χ4v) is 1.49. The highest BCUT2D eigenvalue weighted by molar-refractivity contribution is 7.80. The van der Waals surface area contributed by atoms with Gasteiger partial charge in [-0.2, -0.15) is 0 Å². The normalized spacial score (nSPS) is 22.9. The maximum absolute atomic E-state index is 5.17. The van der Waals surface area contributed by atoms with Crippen molar-refractivity contribution in [2.75, 3.05) is 19.6 Å². The second-order valence-corrected chi connectivity index (χ2v) is 3.46. The van der Waals surface area contributed by atoms with Gasteiger partial charge in [0, 0.05) is 11.8 Å². The lowest BCUT2D eigenvalue weighted by atomic mass is 10.1. The molecular formula is C8H14NS. The van der Waals surface area contributed by atoms with Crippen molar-refractivity contribution < 1.29 is 0 Å². The van der Waals surface area contributed by atoms with Crippen LogP contribution in [0, 0.1) is 0 Å². The van der Waals surface area contributed by atoms with Crippen molar-refractivity contribution in [2.24, 2.45) is 0 Å². The van der Waals surface area contributed by atoms with Gasteiger partial charge in [-0.3, -0.25) is 4.90 Å². The van der Waals surface area contributed by atoms with E-state index >= 15 is 0 Å². The predicted octanol–water partition coefficient (Wildman–Crippen LogP) is 1.83. The molecule has 0 aromatic heterocycles. The lowest BCUT2D eigenvalue weighted by molar-refractivity contribution is 0.256. The average Bonchev–Trinajstić information content (AvgIpc) is 1.95. The van der Waals surface area contributed by atoms with E-state index in [0.29, 0.717) is 5.25 Å². The highest BCUT2D eigenvalue weighted by atomic mass is 32.1. The first-order chi connectivity index (χ1) is 4.83. The van der Waals surface area contributed by atoms with Gasteiger partial charge in [-0.15, -0.1) is 6.58 Å². The van der Waals surface area contributed by atoms with E-state index in [-0.39, 0.29) is 0 Å². The van der Waals surface area contributed by atoms with E-state index in [1.54, 1.807) is 0 Å². The summed E-state index contributed by atoms with van der Waals surface area (Å²) < 4.78 is 0. The molecule has 0 N–H and O–H groups in total. The van der Waals surface area contributed by atoms with Crippen molar-refractivity contribution in [3.8, 4) is 0 Å². The van der Waals surface area contributed by atoms with Gasteiger partial charge < -0.3 is 0 Å². The zero-order valence-corrected chi connectivity index (χ0v) is 7.07. The van der Waals surface area contributed by atoms with Gasteiger partial charge in [-0.25, -0.2) is 0 Å². The number of nitrogens with zero attached hydrogens (tertiary/aromatic N) is 1. The van der Waals surface area contributed by atoms with Crippen LogP contribution < -0.4 is 0 Å². The Bertz CT molecular complexity index is 106. The van der Waals surface area contributed by atoms with E-state index in [9.17, 15) is 0 Å². The monoisotopic (exact) mass is 156 g/mol. The second-order valence-electron chi connectivity index (χ2n) is 2.79. The first kappa shape index (κ1) is 8.15. The first-order valence-electron chi connectivity index (χ1n) is 3.82. The number of rotatable bonds is 2. The third kappa shape index (κ3) is 2.35. The largest absolute Gasteiger partial charge is 0.300 e. The standard InChI is InChI=1S/C8H14NS/c1-2-5-9-6-3-8(10)4-7-9/h2,8H,1,3-7H2. The van der Waals surface area contributed by atoms with Crippen molar-refractivity contribution in [2.45, 2.75) is 18.1 Å². The molecule has 1 nitrogen and oxygen atoms in total. The molecule has 1 fully saturated rings. The third-order valence-corrected chi connectivity index (χ3v) is 2.39.